The number of benzene rings is 1. The van der Waals surface area contributed by atoms with Gasteiger partial charge in [0.15, 0.2) is 0 Å². The minimum atomic E-state index is 0.788. The lowest BCUT2D eigenvalue weighted by Gasteiger charge is -2.05. The molecule has 0 aliphatic rings. The highest BCUT2D eigenvalue weighted by Gasteiger charge is 1.95. The van der Waals surface area contributed by atoms with E-state index >= 15 is 0 Å². The van der Waals surface area contributed by atoms with Crippen LogP contribution >= 0.6 is 11.6 Å². The van der Waals surface area contributed by atoms with Gasteiger partial charge in [0.2, 0.25) is 0 Å². The molecule has 2 rings (SSSR count). The van der Waals surface area contributed by atoms with Crippen molar-refractivity contribution in [1.29, 1.82) is 0 Å². The van der Waals surface area contributed by atoms with Gasteiger partial charge >= 0.3 is 0 Å². The molecule has 2 nitrogen and oxygen atoms in total. The first-order valence-electron chi connectivity index (χ1n) is 6.11. The van der Waals surface area contributed by atoms with E-state index in [0.717, 1.165) is 30.2 Å². The Labute approximate surface area is 113 Å². The Kier molecular flexibility index (Phi) is 4.73. The van der Waals surface area contributed by atoms with E-state index in [1.54, 1.807) is 0 Å². The molecule has 0 fully saturated rings. The van der Waals surface area contributed by atoms with E-state index in [0.29, 0.717) is 0 Å². The second-order valence-electron chi connectivity index (χ2n) is 4.38. The molecule has 0 aliphatic carbocycles. The summed E-state index contributed by atoms with van der Waals surface area (Å²) in [5.41, 5.74) is 3.57. The molecule has 1 aromatic heterocycles. The topological polar surface area (TPSA) is 24.9 Å². The van der Waals surface area contributed by atoms with Crippen molar-refractivity contribution in [1.82, 2.24) is 10.3 Å². The van der Waals surface area contributed by atoms with Crippen LogP contribution in [0.4, 0.5) is 0 Å². The number of aryl methyl sites for hydroxylation is 1. The molecule has 0 amide bonds. The van der Waals surface area contributed by atoms with Crippen molar-refractivity contribution >= 4 is 11.6 Å². The maximum atomic E-state index is 5.84. The van der Waals surface area contributed by atoms with Gasteiger partial charge < -0.3 is 5.32 Å². The van der Waals surface area contributed by atoms with Crippen LogP contribution in [0.2, 0.25) is 5.02 Å². The van der Waals surface area contributed by atoms with Crippen LogP contribution < -0.4 is 5.32 Å². The Morgan fingerprint density at radius 1 is 1.11 bits per heavy atom. The highest BCUT2D eigenvalue weighted by Crippen LogP contribution is 2.09. The number of halogens is 1. The molecule has 0 atom stereocenters. The number of pyridine rings is 1. The molecule has 0 unspecified atom stereocenters. The van der Waals surface area contributed by atoms with Crippen LogP contribution in [0, 0.1) is 6.92 Å². The molecule has 0 radical (unpaired) electrons. The summed E-state index contributed by atoms with van der Waals surface area (Å²) in [6.45, 7) is 3.80. The quantitative estimate of drug-likeness (QED) is 0.834. The van der Waals surface area contributed by atoms with Crippen molar-refractivity contribution < 1.29 is 0 Å². The Morgan fingerprint density at radius 2 is 1.89 bits per heavy atom. The van der Waals surface area contributed by atoms with Gasteiger partial charge in [-0.3, -0.25) is 4.98 Å². The third kappa shape index (κ3) is 4.13. The molecule has 1 heterocycles. The normalized spacial score (nSPS) is 10.6. The average molecular weight is 261 g/mol. The van der Waals surface area contributed by atoms with E-state index in [1.807, 2.05) is 25.3 Å². The Bertz CT molecular complexity index is 429. The lowest BCUT2D eigenvalue weighted by molar-refractivity contribution is 0.674. The maximum Gasteiger partial charge on any atom is 0.0541 e. The second kappa shape index (κ2) is 6.53. The van der Waals surface area contributed by atoms with Crippen LogP contribution in [-0.4, -0.2) is 11.5 Å². The van der Waals surface area contributed by atoms with Crippen LogP contribution in [0.3, 0.4) is 0 Å². The largest absolute Gasteiger partial charge is 0.311 e. The molecule has 18 heavy (non-hydrogen) atoms. The third-order valence-electron chi connectivity index (χ3n) is 2.78. The van der Waals surface area contributed by atoms with Crippen molar-refractivity contribution in [2.24, 2.45) is 0 Å². The Hall–Kier alpha value is -1.38. The van der Waals surface area contributed by atoms with Crippen molar-refractivity contribution in [3.63, 3.8) is 0 Å². The number of nitrogens with one attached hydrogen (secondary N) is 1. The number of hydrogen-bond donors (Lipinski definition) is 1. The Morgan fingerprint density at radius 3 is 2.56 bits per heavy atom. The van der Waals surface area contributed by atoms with Crippen LogP contribution in [0.15, 0.2) is 42.6 Å². The van der Waals surface area contributed by atoms with Gasteiger partial charge in [-0.1, -0.05) is 29.8 Å². The van der Waals surface area contributed by atoms with Gasteiger partial charge in [-0.2, -0.15) is 0 Å². The van der Waals surface area contributed by atoms with Gasteiger partial charge in [0, 0.05) is 17.8 Å². The molecule has 0 saturated heterocycles. The average Bonchev–Trinajstić information content (AvgIpc) is 2.39. The van der Waals surface area contributed by atoms with Crippen molar-refractivity contribution in [2.75, 3.05) is 6.54 Å². The first-order chi connectivity index (χ1) is 8.74. The number of aromatic nitrogens is 1. The van der Waals surface area contributed by atoms with Crippen molar-refractivity contribution in [2.45, 2.75) is 19.9 Å². The van der Waals surface area contributed by atoms with E-state index in [4.69, 9.17) is 11.6 Å². The molecule has 1 aromatic carbocycles. The van der Waals surface area contributed by atoms with Crippen LogP contribution in [-0.2, 0) is 13.0 Å². The molecule has 2 aromatic rings. The fourth-order valence-corrected chi connectivity index (χ4v) is 1.83. The van der Waals surface area contributed by atoms with Crippen LogP contribution in [0.5, 0.6) is 0 Å². The zero-order valence-electron chi connectivity index (χ0n) is 10.5. The van der Waals surface area contributed by atoms with Gasteiger partial charge in [-0.25, -0.2) is 0 Å². The number of hydrogen-bond acceptors (Lipinski definition) is 2. The van der Waals surface area contributed by atoms with Gasteiger partial charge in [-0.05, 0) is 49.2 Å². The van der Waals surface area contributed by atoms with E-state index in [1.165, 1.54) is 11.1 Å². The first kappa shape index (κ1) is 13.1. The second-order valence-corrected chi connectivity index (χ2v) is 4.82. The fourth-order valence-electron chi connectivity index (χ4n) is 1.70. The van der Waals surface area contributed by atoms with Gasteiger partial charge in [0.1, 0.15) is 0 Å². The molecule has 0 spiro atoms. The van der Waals surface area contributed by atoms with Crippen molar-refractivity contribution in [3.05, 3.63) is 64.4 Å². The monoisotopic (exact) mass is 260 g/mol. The molecule has 94 valence electrons. The molecule has 0 bridgehead atoms. The molecular weight excluding hydrogens is 244 g/mol. The minimum absolute atomic E-state index is 0.788. The molecule has 0 aliphatic heterocycles. The number of rotatable bonds is 5. The smallest absolute Gasteiger partial charge is 0.0541 e. The lowest BCUT2D eigenvalue weighted by atomic mass is 10.1. The highest BCUT2D eigenvalue weighted by atomic mass is 35.5. The number of nitrogens with zero attached hydrogens (tertiary/aromatic N) is 1. The van der Waals surface area contributed by atoms with E-state index < -0.39 is 0 Å². The first-order valence-corrected chi connectivity index (χ1v) is 6.48. The summed E-state index contributed by atoms with van der Waals surface area (Å²) in [4.78, 5) is 4.35. The molecule has 3 heteroatoms. The van der Waals surface area contributed by atoms with Gasteiger partial charge in [0.05, 0.1) is 5.69 Å². The summed E-state index contributed by atoms with van der Waals surface area (Å²) < 4.78 is 0. The van der Waals surface area contributed by atoms with Gasteiger partial charge in [-0.15, -0.1) is 0 Å². The fraction of sp³-hybridized carbons (Fsp3) is 0.267. The molecule has 0 saturated carbocycles. The standard InChI is InChI=1S/C15H17ClN2/c1-12-2-7-15(18-10-12)11-17-9-8-13-3-5-14(16)6-4-13/h2-7,10,17H,8-9,11H2,1H3. The van der Waals surface area contributed by atoms with Crippen LogP contribution in [0.25, 0.3) is 0 Å². The maximum absolute atomic E-state index is 5.84. The van der Waals surface area contributed by atoms with Crippen LogP contribution in [0.1, 0.15) is 16.8 Å². The summed E-state index contributed by atoms with van der Waals surface area (Å²) in [7, 11) is 0. The van der Waals surface area contributed by atoms with Gasteiger partial charge in [0.25, 0.3) is 0 Å². The summed E-state index contributed by atoms with van der Waals surface area (Å²) in [5.74, 6) is 0. The molecule has 1 N–H and O–H groups in total. The Balaban J connectivity index is 1.73. The summed E-state index contributed by atoms with van der Waals surface area (Å²) in [6.07, 6.45) is 2.90. The SMILES string of the molecule is Cc1ccc(CNCCc2ccc(Cl)cc2)nc1. The minimum Gasteiger partial charge on any atom is -0.311 e. The lowest BCUT2D eigenvalue weighted by Crippen LogP contribution is -2.17. The summed E-state index contributed by atoms with van der Waals surface area (Å²) in [6, 6.07) is 12.1. The predicted octanol–water partition coefficient (Wildman–Crippen LogP) is 3.38. The molecular formula is C15H17ClN2. The zero-order chi connectivity index (χ0) is 12.8. The third-order valence-corrected chi connectivity index (χ3v) is 3.03. The van der Waals surface area contributed by atoms with E-state index in [2.05, 4.69) is 34.6 Å². The predicted molar refractivity (Wildman–Crippen MR) is 75.8 cm³/mol. The van der Waals surface area contributed by atoms with E-state index in [-0.39, 0.29) is 0 Å². The summed E-state index contributed by atoms with van der Waals surface area (Å²) in [5, 5.41) is 4.18. The highest BCUT2D eigenvalue weighted by molar-refractivity contribution is 6.30. The zero-order valence-corrected chi connectivity index (χ0v) is 11.2. The summed E-state index contributed by atoms with van der Waals surface area (Å²) >= 11 is 5.84. The van der Waals surface area contributed by atoms with E-state index in [9.17, 15) is 0 Å². The van der Waals surface area contributed by atoms with Crippen molar-refractivity contribution in [3.8, 4) is 0 Å².